The number of nitrogens with zero attached hydrogens (tertiary/aromatic N) is 2. The lowest BCUT2D eigenvalue weighted by molar-refractivity contribution is -0.137. The molecule has 1 unspecified atom stereocenters. The molecule has 9 heteroatoms. The molecule has 0 bridgehead atoms. The molecule has 2 aromatic rings. The van der Waals surface area contributed by atoms with Gasteiger partial charge in [0, 0.05) is 29.9 Å². The van der Waals surface area contributed by atoms with Gasteiger partial charge in [-0.1, -0.05) is 49.7 Å². The van der Waals surface area contributed by atoms with Crippen LogP contribution in [-0.4, -0.2) is 48.0 Å². The van der Waals surface area contributed by atoms with Crippen molar-refractivity contribution >= 4 is 23.5 Å². The molecular formula is C27H30ClF3N2O3. The molecule has 1 saturated heterocycles. The highest BCUT2D eigenvalue weighted by Gasteiger charge is 2.38. The number of imide groups is 1. The van der Waals surface area contributed by atoms with Crippen molar-refractivity contribution in [1.82, 2.24) is 9.80 Å². The van der Waals surface area contributed by atoms with Gasteiger partial charge in [0.15, 0.2) is 0 Å². The van der Waals surface area contributed by atoms with Gasteiger partial charge in [-0.3, -0.25) is 9.69 Å². The third kappa shape index (κ3) is 6.40. The number of hydrogen-bond donors (Lipinski definition) is 0. The molecule has 1 aliphatic heterocycles. The van der Waals surface area contributed by atoms with Gasteiger partial charge in [-0.2, -0.15) is 13.2 Å². The Balaban J connectivity index is 1.48. The second-order valence-corrected chi connectivity index (χ2v) is 10.7. The monoisotopic (exact) mass is 522 g/mol. The van der Waals surface area contributed by atoms with Crippen molar-refractivity contribution in [3.63, 3.8) is 0 Å². The van der Waals surface area contributed by atoms with Crippen molar-refractivity contribution in [1.29, 1.82) is 0 Å². The van der Waals surface area contributed by atoms with E-state index in [9.17, 15) is 22.8 Å². The Morgan fingerprint density at radius 1 is 1.00 bits per heavy atom. The fourth-order valence-electron chi connectivity index (χ4n) is 4.33. The van der Waals surface area contributed by atoms with E-state index in [4.69, 9.17) is 16.3 Å². The van der Waals surface area contributed by atoms with E-state index < -0.39 is 23.2 Å². The van der Waals surface area contributed by atoms with Gasteiger partial charge in [0.05, 0.1) is 18.7 Å². The van der Waals surface area contributed by atoms with Gasteiger partial charge in [-0.15, -0.1) is 0 Å². The highest BCUT2D eigenvalue weighted by molar-refractivity contribution is 6.30. The quantitative estimate of drug-likeness (QED) is 0.380. The SMILES string of the molecule is CC(C)(CN1C(=O)CCN(CC(OCC2CC2)c2ccc(Cl)cc2)C1=O)c1ccc(C(F)(F)F)cc1. The standard InChI is InChI=1S/C27H30ClF3N2O3/c1-26(2,20-7-9-21(10-8-20)27(29,30)31)17-33-24(34)13-14-32(25(33)35)15-23(36-16-18-3-4-18)19-5-11-22(28)12-6-19/h5-12,18,23H,3-4,13-17H2,1-2H3. The highest BCUT2D eigenvalue weighted by atomic mass is 35.5. The average molecular weight is 523 g/mol. The zero-order chi connectivity index (χ0) is 26.1. The summed E-state index contributed by atoms with van der Waals surface area (Å²) in [5, 5.41) is 0.607. The van der Waals surface area contributed by atoms with Crippen molar-refractivity contribution in [3.8, 4) is 0 Å². The molecule has 1 atom stereocenters. The number of carbonyl (C=O) groups is 2. The van der Waals surface area contributed by atoms with Crippen LogP contribution in [0.5, 0.6) is 0 Å². The van der Waals surface area contributed by atoms with Gasteiger partial charge in [-0.05, 0) is 54.2 Å². The summed E-state index contributed by atoms with van der Waals surface area (Å²) in [4.78, 5) is 29.0. The Bertz CT molecular complexity index is 1080. The minimum atomic E-state index is -4.43. The fourth-order valence-corrected chi connectivity index (χ4v) is 4.46. The van der Waals surface area contributed by atoms with Crippen LogP contribution >= 0.6 is 11.6 Å². The van der Waals surface area contributed by atoms with Gasteiger partial charge in [0.1, 0.15) is 6.10 Å². The summed E-state index contributed by atoms with van der Waals surface area (Å²) in [6.07, 6.45) is -2.34. The number of alkyl halides is 3. The van der Waals surface area contributed by atoms with Gasteiger partial charge >= 0.3 is 12.2 Å². The van der Waals surface area contributed by atoms with Crippen LogP contribution in [0.15, 0.2) is 48.5 Å². The third-order valence-corrected chi connectivity index (χ3v) is 7.06. The fraction of sp³-hybridized carbons (Fsp3) is 0.481. The zero-order valence-corrected chi connectivity index (χ0v) is 21.1. The molecule has 5 nitrogen and oxygen atoms in total. The van der Waals surface area contributed by atoms with Gasteiger partial charge < -0.3 is 9.64 Å². The summed E-state index contributed by atoms with van der Waals surface area (Å²) in [7, 11) is 0. The number of carbonyl (C=O) groups excluding carboxylic acids is 2. The number of ether oxygens (including phenoxy) is 1. The number of urea groups is 1. The number of hydrogen-bond acceptors (Lipinski definition) is 3. The van der Waals surface area contributed by atoms with Crippen molar-refractivity contribution < 1.29 is 27.5 Å². The van der Waals surface area contributed by atoms with E-state index in [1.807, 2.05) is 26.0 Å². The normalized spacial score (nSPS) is 18.1. The van der Waals surface area contributed by atoms with E-state index in [0.717, 1.165) is 30.5 Å². The molecule has 0 aromatic heterocycles. The molecule has 3 amide bonds. The Morgan fingerprint density at radius 3 is 2.19 bits per heavy atom. The summed E-state index contributed by atoms with van der Waals surface area (Å²) in [6.45, 7) is 4.86. The molecule has 4 rings (SSSR count). The molecule has 2 aliphatic rings. The molecule has 36 heavy (non-hydrogen) atoms. The van der Waals surface area contributed by atoms with Crippen LogP contribution in [0.2, 0.25) is 5.02 Å². The minimum Gasteiger partial charge on any atom is -0.371 e. The van der Waals surface area contributed by atoms with Crippen LogP contribution in [0, 0.1) is 5.92 Å². The lowest BCUT2D eigenvalue weighted by atomic mass is 9.83. The second kappa shape index (κ2) is 10.4. The first-order chi connectivity index (χ1) is 16.9. The summed E-state index contributed by atoms with van der Waals surface area (Å²) < 4.78 is 45.1. The van der Waals surface area contributed by atoms with Crippen LogP contribution in [0.3, 0.4) is 0 Å². The first-order valence-electron chi connectivity index (χ1n) is 12.1. The number of halogens is 4. The van der Waals surface area contributed by atoms with Gasteiger partial charge in [-0.25, -0.2) is 4.79 Å². The van der Waals surface area contributed by atoms with E-state index in [2.05, 4.69) is 0 Å². The molecule has 194 valence electrons. The predicted octanol–water partition coefficient (Wildman–Crippen LogP) is 6.46. The molecule has 2 aromatic carbocycles. The van der Waals surface area contributed by atoms with Crippen LogP contribution in [-0.2, 0) is 21.1 Å². The van der Waals surface area contributed by atoms with Crippen LogP contribution in [0.25, 0.3) is 0 Å². The number of rotatable bonds is 9. The third-order valence-electron chi connectivity index (χ3n) is 6.80. The maximum atomic E-state index is 13.4. The molecule has 1 heterocycles. The second-order valence-electron chi connectivity index (χ2n) is 10.2. The first-order valence-corrected chi connectivity index (χ1v) is 12.5. The summed E-state index contributed by atoms with van der Waals surface area (Å²) >= 11 is 6.04. The maximum absolute atomic E-state index is 13.4. The van der Waals surface area contributed by atoms with Crippen molar-refractivity contribution in [3.05, 3.63) is 70.2 Å². The lowest BCUT2D eigenvalue weighted by Crippen LogP contribution is -2.56. The first kappa shape index (κ1) is 26.5. The molecule has 0 radical (unpaired) electrons. The topological polar surface area (TPSA) is 49.9 Å². The molecule has 0 spiro atoms. The van der Waals surface area contributed by atoms with Crippen LogP contribution < -0.4 is 0 Å². The summed E-state index contributed by atoms with van der Waals surface area (Å²) in [5.74, 6) is 0.248. The highest BCUT2D eigenvalue weighted by Crippen LogP contribution is 2.34. The predicted molar refractivity (Wildman–Crippen MR) is 131 cm³/mol. The molecule has 1 saturated carbocycles. The van der Waals surface area contributed by atoms with Crippen molar-refractivity contribution in [2.45, 2.75) is 50.8 Å². The van der Waals surface area contributed by atoms with E-state index in [1.54, 1.807) is 17.0 Å². The van der Waals surface area contributed by atoms with E-state index in [-0.39, 0.29) is 38.1 Å². The van der Waals surface area contributed by atoms with Crippen LogP contribution in [0.1, 0.15) is 55.9 Å². The maximum Gasteiger partial charge on any atom is 0.416 e. The number of amides is 3. The molecule has 2 fully saturated rings. The summed E-state index contributed by atoms with van der Waals surface area (Å²) in [5.41, 5.74) is 0.0375. The number of benzene rings is 2. The van der Waals surface area contributed by atoms with Crippen molar-refractivity contribution in [2.75, 3.05) is 26.2 Å². The Kier molecular flexibility index (Phi) is 7.67. The van der Waals surface area contributed by atoms with E-state index in [1.165, 1.54) is 17.0 Å². The van der Waals surface area contributed by atoms with Gasteiger partial charge in [0.25, 0.3) is 0 Å². The average Bonchev–Trinajstić information content (AvgIpc) is 3.65. The summed E-state index contributed by atoms with van der Waals surface area (Å²) in [6, 6.07) is 11.8. The Labute approximate surface area is 214 Å². The lowest BCUT2D eigenvalue weighted by Gasteiger charge is -2.39. The van der Waals surface area contributed by atoms with Gasteiger partial charge in [0.2, 0.25) is 5.91 Å². The van der Waals surface area contributed by atoms with Crippen molar-refractivity contribution in [2.24, 2.45) is 5.92 Å². The van der Waals surface area contributed by atoms with E-state index >= 15 is 0 Å². The Morgan fingerprint density at radius 2 is 1.61 bits per heavy atom. The molecular weight excluding hydrogens is 493 g/mol. The van der Waals surface area contributed by atoms with Crippen LogP contribution in [0.4, 0.5) is 18.0 Å². The largest absolute Gasteiger partial charge is 0.416 e. The molecule has 0 N–H and O–H groups in total. The Hall–Kier alpha value is -2.58. The zero-order valence-electron chi connectivity index (χ0n) is 20.4. The van der Waals surface area contributed by atoms with E-state index in [0.29, 0.717) is 23.1 Å². The molecule has 1 aliphatic carbocycles. The smallest absolute Gasteiger partial charge is 0.371 e. The minimum absolute atomic E-state index is 0.0566.